The number of nitrogens with zero attached hydrogens (tertiary/aromatic N) is 5. The number of ether oxygens (including phenoxy) is 1. The number of amides is 1. The maximum absolute atomic E-state index is 14.5. The van der Waals surface area contributed by atoms with Crippen molar-refractivity contribution in [2.24, 2.45) is 0 Å². The number of carbonyl (C=O) groups is 1. The average molecular weight is 733 g/mol. The predicted molar refractivity (Wildman–Crippen MR) is 198 cm³/mol. The van der Waals surface area contributed by atoms with Crippen molar-refractivity contribution in [3.05, 3.63) is 105 Å². The van der Waals surface area contributed by atoms with Crippen molar-refractivity contribution in [1.29, 1.82) is 0 Å². The highest BCUT2D eigenvalue weighted by Crippen LogP contribution is 2.52. The molecular weight excluding hydrogens is 699 g/mol. The van der Waals surface area contributed by atoms with Gasteiger partial charge in [0.1, 0.15) is 5.82 Å². The van der Waals surface area contributed by atoms with E-state index in [1.807, 2.05) is 23.1 Å². The molecule has 6 aromatic rings. The van der Waals surface area contributed by atoms with Gasteiger partial charge in [-0.15, -0.1) is 21.5 Å². The molecule has 262 valence electrons. The van der Waals surface area contributed by atoms with Crippen molar-refractivity contribution in [2.45, 2.75) is 69.9 Å². The van der Waals surface area contributed by atoms with Gasteiger partial charge in [0.25, 0.3) is 5.91 Å². The number of carbonyl (C=O) groups excluding carboxylic acids is 1. The Morgan fingerprint density at radius 2 is 1.94 bits per heavy atom. The number of anilines is 1. The fourth-order valence-electron chi connectivity index (χ4n) is 9.06. The maximum atomic E-state index is 14.5. The van der Waals surface area contributed by atoms with Crippen molar-refractivity contribution in [3.63, 3.8) is 0 Å². The molecule has 3 atom stereocenters. The molecule has 1 N–H and O–H groups in total. The normalized spacial score (nSPS) is 20.0. The Kier molecular flexibility index (Phi) is 7.41. The first kappa shape index (κ1) is 31.8. The summed E-state index contributed by atoms with van der Waals surface area (Å²) in [5, 5.41) is 14.2. The summed E-state index contributed by atoms with van der Waals surface area (Å²) in [4.78, 5) is 27.4. The molecule has 0 bridgehead atoms. The fourth-order valence-corrected chi connectivity index (χ4v) is 10.4. The van der Waals surface area contributed by atoms with Crippen LogP contribution in [0.5, 0.6) is 5.75 Å². The molecule has 10 rings (SSSR count). The van der Waals surface area contributed by atoms with E-state index in [9.17, 15) is 9.18 Å². The molecule has 4 aliphatic rings. The number of pyridine rings is 2. The molecule has 2 aliphatic carbocycles. The molecule has 52 heavy (non-hydrogen) atoms. The summed E-state index contributed by atoms with van der Waals surface area (Å²) in [5.41, 5.74) is 8.34. The van der Waals surface area contributed by atoms with Crippen LogP contribution in [0.25, 0.3) is 32.0 Å². The van der Waals surface area contributed by atoms with Crippen LogP contribution >= 0.6 is 22.9 Å². The van der Waals surface area contributed by atoms with Crippen LogP contribution in [0.2, 0.25) is 5.02 Å². The van der Waals surface area contributed by atoms with Gasteiger partial charge in [0, 0.05) is 40.7 Å². The van der Waals surface area contributed by atoms with E-state index < -0.39 is 0 Å². The molecule has 1 amide bonds. The van der Waals surface area contributed by atoms with Crippen molar-refractivity contribution in [3.8, 4) is 27.6 Å². The Morgan fingerprint density at radius 1 is 1.06 bits per heavy atom. The first-order valence-corrected chi connectivity index (χ1v) is 19.0. The number of nitrogens with one attached hydrogen (secondary N) is 1. The van der Waals surface area contributed by atoms with Gasteiger partial charge in [-0.1, -0.05) is 23.7 Å². The molecule has 0 unspecified atom stereocenters. The van der Waals surface area contributed by atoms with Crippen molar-refractivity contribution >= 4 is 44.7 Å². The number of thiophene rings is 1. The van der Waals surface area contributed by atoms with E-state index >= 15 is 0 Å². The lowest BCUT2D eigenvalue weighted by Crippen LogP contribution is -2.22. The topological polar surface area (TPSA) is 106 Å². The second-order valence-electron chi connectivity index (χ2n) is 14.2. The smallest absolute Gasteiger partial charge is 0.257 e. The second kappa shape index (κ2) is 12.1. The predicted octanol–water partition coefficient (Wildman–Crippen LogP) is 9.18. The molecule has 1 fully saturated rings. The first-order chi connectivity index (χ1) is 25.4. The lowest BCUT2D eigenvalue weighted by molar-refractivity contribution is 0.0776. The number of fused-ring (bicyclic) bond motifs is 6. The zero-order chi connectivity index (χ0) is 35.2. The molecule has 0 spiro atoms. The zero-order valence-corrected chi connectivity index (χ0v) is 30.2. The maximum Gasteiger partial charge on any atom is 0.257 e. The van der Waals surface area contributed by atoms with Gasteiger partial charge in [-0.2, -0.15) is 0 Å². The Hall–Kier alpha value is -4.87. The third-order valence-electron chi connectivity index (χ3n) is 11.3. The summed E-state index contributed by atoms with van der Waals surface area (Å²) >= 11 is 7.98. The number of rotatable bonds is 7. The van der Waals surface area contributed by atoms with Crippen molar-refractivity contribution in [1.82, 2.24) is 25.1 Å². The van der Waals surface area contributed by atoms with Gasteiger partial charge in [0.15, 0.2) is 11.6 Å². The molecule has 12 heteroatoms. The van der Waals surface area contributed by atoms with Crippen LogP contribution in [-0.2, 0) is 19.3 Å². The first-order valence-electron chi connectivity index (χ1n) is 17.8. The highest BCUT2D eigenvalue weighted by Gasteiger charge is 2.45. The molecule has 2 aromatic carbocycles. The van der Waals surface area contributed by atoms with Gasteiger partial charge in [-0.3, -0.25) is 9.78 Å². The Labute approximate surface area is 308 Å². The molecule has 6 heterocycles. The molecule has 0 saturated carbocycles. The number of hydrogen-bond acceptors (Lipinski definition) is 9. The Morgan fingerprint density at radius 3 is 2.79 bits per heavy atom. The largest absolute Gasteiger partial charge is 0.493 e. The lowest BCUT2D eigenvalue weighted by Gasteiger charge is -2.19. The van der Waals surface area contributed by atoms with Crippen LogP contribution in [0, 0.1) is 12.7 Å². The number of halogens is 2. The van der Waals surface area contributed by atoms with Crippen LogP contribution < -0.4 is 10.1 Å². The van der Waals surface area contributed by atoms with Gasteiger partial charge in [0.05, 0.1) is 46.4 Å². The minimum absolute atomic E-state index is 0.00237. The highest BCUT2D eigenvalue weighted by molar-refractivity contribution is 7.23. The zero-order valence-electron chi connectivity index (χ0n) is 28.6. The molecule has 0 radical (unpaired) electrons. The summed E-state index contributed by atoms with van der Waals surface area (Å²) in [6.45, 7) is 2.49. The van der Waals surface area contributed by atoms with Crippen LogP contribution in [-0.4, -0.2) is 44.6 Å². The summed E-state index contributed by atoms with van der Waals surface area (Å²) < 4.78 is 27.1. The van der Waals surface area contributed by atoms with E-state index in [4.69, 9.17) is 30.7 Å². The summed E-state index contributed by atoms with van der Waals surface area (Å²) in [7, 11) is 1.51. The van der Waals surface area contributed by atoms with E-state index in [0.717, 1.165) is 91.5 Å². The minimum Gasteiger partial charge on any atom is -0.493 e. The SMILES string of the molecule is COc1c(F)ccc2c1CC[C@@H]2Nc1nccc2cc(-c3c4c(nc(C[C@H]5CCc6cc(Cl)ccc65)c3-c3nnc(C)o3)[C@H]3CCCN3C4=O)sc12. The third-order valence-corrected chi connectivity index (χ3v) is 12.7. The van der Waals surface area contributed by atoms with Crippen molar-refractivity contribution in [2.75, 3.05) is 19.0 Å². The minimum atomic E-state index is -0.349. The van der Waals surface area contributed by atoms with Crippen molar-refractivity contribution < 1.29 is 18.3 Å². The van der Waals surface area contributed by atoms with Gasteiger partial charge >= 0.3 is 0 Å². The third kappa shape index (κ3) is 4.89. The average Bonchev–Trinajstić information content (AvgIpc) is 3.99. The van der Waals surface area contributed by atoms with E-state index in [-0.39, 0.29) is 29.7 Å². The second-order valence-corrected chi connectivity index (χ2v) is 15.7. The number of benzene rings is 2. The standard InChI is InChI=1S/C40H34ClFN6O3S/c1-19-46-47-39(51-19)32-29(17-21-6-5-20-16-23(41)7-8-24(20)21)44-35-30-4-3-15-48(30)40(49)34(35)33(32)31-18-22-13-14-43-38(37(22)52-31)45-28-12-10-26-25(28)9-11-27(42)36(26)50-2/h7-9,11,13-14,16,18,21,28,30H,3-6,10,12,15,17H2,1-2H3,(H,43,45)/t21-,28+,30-/m1/s1. The van der Waals surface area contributed by atoms with E-state index in [0.29, 0.717) is 42.5 Å². The van der Waals surface area contributed by atoms with Gasteiger partial charge in [-0.25, -0.2) is 9.37 Å². The number of aromatic nitrogens is 4. The molecule has 2 aliphatic heterocycles. The van der Waals surface area contributed by atoms with Crippen LogP contribution in [0.4, 0.5) is 10.2 Å². The number of aryl methyl sites for hydroxylation is 2. The number of hydrogen-bond donors (Lipinski definition) is 1. The lowest BCUT2D eigenvalue weighted by atomic mass is 9.89. The van der Waals surface area contributed by atoms with Crippen LogP contribution in [0.1, 0.15) is 93.6 Å². The molecule has 4 aromatic heterocycles. The monoisotopic (exact) mass is 732 g/mol. The Balaban J connectivity index is 1.14. The quantitative estimate of drug-likeness (QED) is 0.173. The van der Waals surface area contributed by atoms with Crippen LogP contribution in [0.15, 0.2) is 53.1 Å². The van der Waals surface area contributed by atoms with Crippen LogP contribution in [0.3, 0.4) is 0 Å². The highest BCUT2D eigenvalue weighted by atomic mass is 35.5. The summed E-state index contributed by atoms with van der Waals surface area (Å²) in [5.74, 6) is 1.75. The van der Waals surface area contributed by atoms with Gasteiger partial charge < -0.3 is 19.4 Å². The Bertz CT molecular complexity index is 2460. The van der Waals surface area contributed by atoms with Gasteiger partial charge in [-0.05, 0) is 103 Å². The number of methoxy groups -OCH3 is 1. The van der Waals surface area contributed by atoms with E-state index in [2.05, 4.69) is 33.7 Å². The summed E-state index contributed by atoms with van der Waals surface area (Å²) in [6.07, 6.45) is 7.73. The van der Waals surface area contributed by atoms with E-state index in [1.54, 1.807) is 24.5 Å². The molecule has 9 nitrogen and oxygen atoms in total. The fraction of sp³-hybridized carbons (Fsp3) is 0.325. The van der Waals surface area contributed by atoms with E-state index in [1.165, 1.54) is 24.3 Å². The molecule has 1 saturated heterocycles. The summed E-state index contributed by atoms with van der Waals surface area (Å²) in [6, 6.07) is 13.5. The molecular formula is C40H34ClFN6O3S. The van der Waals surface area contributed by atoms with Gasteiger partial charge in [0.2, 0.25) is 11.8 Å².